The second-order valence-corrected chi connectivity index (χ2v) is 4.90. The van der Waals surface area contributed by atoms with Crippen LogP contribution in [-0.4, -0.2) is 22.9 Å². The fraction of sp³-hybridized carbons (Fsp3) is 0.357. The van der Waals surface area contributed by atoms with Gasteiger partial charge in [-0.25, -0.2) is 4.39 Å². The number of hydrogen-bond donors (Lipinski definition) is 1. The van der Waals surface area contributed by atoms with E-state index in [0.29, 0.717) is 12.6 Å². The standard InChI is InChI=1S/C14H17FN4/c15-12-1-3-13(4-2-12)18-6-5-14(10-18)19-9-11(7-16)8-17-19/h1-4,8-9,14H,5-7,10,16H2/t14-/m1/s1. The van der Waals surface area contributed by atoms with E-state index in [9.17, 15) is 4.39 Å². The summed E-state index contributed by atoms with van der Waals surface area (Å²) in [5, 5.41) is 4.36. The number of nitrogens with zero attached hydrogens (tertiary/aromatic N) is 3. The molecule has 2 N–H and O–H groups in total. The molecule has 0 unspecified atom stereocenters. The molecule has 0 spiro atoms. The minimum atomic E-state index is -0.195. The molecule has 1 saturated heterocycles. The van der Waals surface area contributed by atoms with Gasteiger partial charge >= 0.3 is 0 Å². The molecule has 1 aliphatic heterocycles. The number of anilines is 1. The summed E-state index contributed by atoms with van der Waals surface area (Å²) in [5.41, 5.74) is 7.72. The molecule has 1 aromatic heterocycles. The lowest BCUT2D eigenvalue weighted by Crippen LogP contribution is -2.21. The quantitative estimate of drug-likeness (QED) is 0.917. The lowest BCUT2D eigenvalue weighted by atomic mass is 10.2. The molecule has 0 radical (unpaired) electrons. The number of benzene rings is 1. The number of aromatic nitrogens is 2. The van der Waals surface area contributed by atoms with Crippen LogP contribution in [0, 0.1) is 5.82 Å². The Bertz CT molecular complexity index is 549. The van der Waals surface area contributed by atoms with Crippen LogP contribution in [0.2, 0.25) is 0 Å². The number of rotatable bonds is 3. The third kappa shape index (κ3) is 2.46. The molecule has 0 aliphatic carbocycles. The maximum Gasteiger partial charge on any atom is 0.123 e. The van der Waals surface area contributed by atoms with Gasteiger partial charge in [0.1, 0.15) is 5.82 Å². The monoisotopic (exact) mass is 260 g/mol. The highest BCUT2D eigenvalue weighted by Crippen LogP contribution is 2.26. The van der Waals surface area contributed by atoms with Gasteiger partial charge in [0.25, 0.3) is 0 Å². The van der Waals surface area contributed by atoms with Crippen molar-refractivity contribution in [1.29, 1.82) is 0 Å². The molecular formula is C14H17FN4. The minimum Gasteiger partial charge on any atom is -0.369 e. The summed E-state index contributed by atoms with van der Waals surface area (Å²) in [6.07, 6.45) is 4.88. The number of hydrogen-bond acceptors (Lipinski definition) is 3. The zero-order valence-corrected chi connectivity index (χ0v) is 10.7. The first-order chi connectivity index (χ1) is 9.26. The van der Waals surface area contributed by atoms with Gasteiger partial charge in [-0.3, -0.25) is 4.68 Å². The van der Waals surface area contributed by atoms with Crippen LogP contribution in [0.15, 0.2) is 36.7 Å². The first-order valence-electron chi connectivity index (χ1n) is 6.50. The van der Waals surface area contributed by atoms with Crippen LogP contribution in [0.25, 0.3) is 0 Å². The van der Waals surface area contributed by atoms with E-state index in [1.807, 2.05) is 29.2 Å². The zero-order valence-electron chi connectivity index (χ0n) is 10.7. The second kappa shape index (κ2) is 5.01. The van der Waals surface area contributed by atoms with Crippen LogP contribution >= 0.6 is 0 Å². The Kier molecular flexibility index (Phi) is 3.21. The molecule has 2 heterocycles. The van der Waals surface area contributed by atoms with E-state index in [2.05, 4.69) is 10.00 Å². The van der Waals surface area contributed by atoms with Crippen LogP contribution in [0.1, 0.15) is 18.0 Å². The summed E-state index contributed by atoms with van der Waals surface area (Å²) in [7, 11) is 0. The summed E-state index contributed by atoms with van der Waals surface area (Å²) in [5.74, 6) is -0.195. The van der Waals surface area contributed by atoms with E-state index in [4.69, 9.17) is 5.73 Å². The van der Waals surface area contributed by atoms with Gasteiger partial charge in [-0.2, -0.15) is 5.10 Å². The molecule has 0 bridgehead atoms. The average Bonchev–Trinajstić information content (AvgIpc) is 3.08. The van der Waals surface area contributed by atoms with Crippen molar-refractivity contribution in [3.8, 4) is 0 Å². The molecule has 3 rings (SSSR count). The Morgan fingerprint density at radius 1 is 1.32 bits per heavy atom. The molecule has 0 amide bonds. The third-order valence-corrected chi connectivity index (χ3v) is 3.62. The van der Waals surface area contributed by atoms with E-state index in [0.717, 1.165) is 30.8 Å². The van der Waals surface area contributed by atoms with Crippen molar-refractivity contribution < 1.29 is 4.39 Å². The normalized spacial score (nSPS) is 19.1. The SMILES string of the molecule is NCc1cnn([C@@H]2CCN(c3ccc(F)cc3)C2)c1. The van der Waals surface area contributed by atoms with E-state index >= 15 is 0 Å². The third-order valence-electron chi connectivity index (χ3n) is 3.62. The Labute approximate surface area is 111 Å². The average molecular weight is 260 g/mol. The van der Waals surface area contributed by atoms with E-state index in [1.165, 1.54) is 12.1 Å². The van der Waals surface area contributed by atoms with Crippen molar-refractivity contribution in [3.63, 3.8) is 0 Å². The number of halogens is 1. The Balaban J connectivity index is 1.71. The van der Waals surface area contributed by atoms with Gasteiger partial charge in [-0.1, -0.05) is 0 Å². The summed E-state index contributed by atoms with van der Waals surface area (Å²) < 4.78 is 14.9. The maximum absolute atomic E-state index is 12.9. The predicted octanol–water partition coefficient (Wildman–Crippen LogP) is 1.93. The van der Waals surface area contributed by atoms with Crippen LogP contribution in [0.3, 0.4) is 0 Å². The molecule has 2 aromatic rings. The highest BCUT2D eigenvalue weighted by molar-refractivity contribution is 5.47. The van der Waals surface area contributed by atoms with Crippen molar-refractivity contribution in [2.45, 2.75) is 19.0 Å². The first kappa shape index (κ1) is 12.2. The van der Waals surface area contributed by atoms with Gasteiger partial charge in [0, 0.05) is 37.1 Å². The van der Waals surface area contributed by atoms with E-state index < -0.39 is 0 Å². The molecule has 1 aliphatic rings. The largest absolute Gasteiger partial charge is 0.369 e. The molecule has 4 nitrogen and oxygen atoms in total. The molecule has 1 aromatic carbocycles. The van der Waals surface area contributed by atoms with Gasteiger partial charge < -0.3 is 10.6 Å². The first-order valence-corrected chi connectivity index (χ1v) is 6.50. The maximum atomic E-state index is 12.9. The molecular weight excluding hydrogens is 243 g/mol. The van der Waals surface area contributed by atoms with Crippen molar-refractivity contribution in [2.75, 3.05) is 18.0 Å². The highest BCUT2D eigenvalue weighted by atomic mass is 19.1. The van der Waals surface area contributed by atoms with Crippen LogP contribution in [0.4, 0.5) is 10.1 Å². The van der Waals surface area contributed by atoms with Crippen molar-refractivity contribution in [2.24, 2.45) is 5.73 Å². The molecule has 1 atom stereocenters. The smallest absolute Gasteiger partial charge is 0.123 e. The Hall–Kier alpha value is -1.88. The summed E-state index contributed by atoms with van der Waals surface area (Å²) in [4.78, 5) is 2.26. The highest BCUT2D eigenvalue weighted by Gasteiger charge is 2.24. The zero-order chi connectivity index (χ0) is 13.2. The minimum absolute atomic E-state index is 0.195. The molecule has 0 saturated carbocycles. The van der Waals surface area contributed by atoms with Crippen molar-refractivity contribution in [1.82, 2.24) is 9.78 Å². The lowest BCUT2D eigenvalue weighted by molar-refractivity contribution is 0.494. The fourth-order valence-corrected chi connectivity index (χ4v) is 2.53. The molecule has 1 fully saturated rings. The van der Waals surface area contributed by atoms with Crippen molar-refractivity contribution in [3.05, 3.63) is 48.0 Å². The Morgan fingerprint density at radius 2 is 2.11 bits per heavy atom. The van der Waals surface area contributed by atoms with Gasteiger partial charge in [-0.15, -0.1) is 0 Å². The second-order valence-electron chi connectivity index (χ2n) is 4.90. The number of nitrogens with two attached hydrogens (primary N) is 1. The molecule has 100 valence electrons. The van der Waals surface area contributed by atoms with Gasteiger partial charge in [0.2, 0.25) is 0 Å². The predicted molar refractivity (Wildman–Crippen MR) is 72.4 cm³/mol. The van der Waals surface area contributed by atoms with Gasteiger partial charge in [-0.05, 0) is 30.7 Å². The lowest BCUT2D eigenvalue weighted by Gasteiger charge is -2.18. The summed E-state index contributed by atoms with van der Waals surface area (Å²) >= 11 is 0. The molecule has 19 heavy (non-hydrogen) atoms. The summed E-state index contributed by atoms with van der Waals surface area (Å²) in [6.45, 7) is 2.39. The summed E-state index contributed by atoms with van der Waals surface area (Å²) in [6, 6.07) is 7.02. The van der Waals surface area contributed by atoms with Crippen molar-refractivity contribution >= 4 is 5.69 Å². The fourth-order valence-electron chi connectivity index (χ4n) is 2.53. The Morgan fingerprint density at radius 3 is 2.79 bits per heavy atom. The topological polar surface area (TPSA) is 47.1 Å². The van der Waals surface area contributed by atoms with Gasteiger partial charge in [0.05, 0.1) is 12.2 Å². The molecule has 5 heteroatoms. The van der Waals surface area contributed by atoms with Crippen LogP contribution in [0.5, 0.6) is 0 Å². The van der Waals surface area contributed by atoms with Crippen LogP contribution < -0.4 is 10.6 Å². The van der Waals surface area contributed by atoms with Gasteiger partial charge in [0.15, 0.2) is 0 Å². The van der Waals surface area contributed by atoms with E-state index in [1.54, 1.807) is 0 Å². The van der Waals surface area contributed by atoms with E-state index in [-0.39, 0.29) is 5.82 Å². The van der Waals surface area contributed by atoms with Crippen LogP contribution in [-0.2, 0) is 6.54 Å².